The van der Waals surface area contributed by atoms with Crippen LogP contribution in [-0.2, 0) is 4.79 Å². The van der Waals surface area contributed by atoms with E-state index in [4.69, 9.17) is 0 Å². The molecule has 4 atom stereocenters. The van der Waals surface area contributed by atoms with E-state index in [1.807, 2.05) is 0 Å². The lowest BCUT2D eigenvalue weighted by Crippen LogP contribution is -2.53. The SMILES string of the molecule is CCCCCCCC/C=C/CCCC(O)C(O)C(CO)NC(=O)C(O)CCCCCCCCCCCCCCCCC/C=C\CCCCCCCCCCCCCC. The summed E-state index contributed by atoms with van der Waals surface area (Å²) in [6.45, 7) is 4.03. The minimum absolute atomic E-state index is 0.365. The third-order valence-corrected chi connectivity index (χ3v) is 12.1. The van der Waals surface area contributed by atoms with Crippen molar-refractivity contribution in [1.29, 1.82) is 0 Å². The molecule has 0 fully saturated rings. The van der Waals surface area contributed by atoms with E-state index in [2.05, 4.69) is 43.5 Å². The van der Waals surface area contributed by atoms with Crippen LogP contribution in [-0.4, -0.2) is 57.3 Å². The smallest absolute Gasteiger partial charge is 0.249 e. The molecule has 58 heavy (non-hydrogen) atoms. The van der Waals surface area contributed by atoms with Crippen molar-refractivity contribution < 1.29 is 25.2 Å². The highest BCUT2D eigenvalue weighted by atomic mass is 16.3. The fourth-order valence-electron chi connectivity index (χ4n) is 8.05. The molecule has 0 radical (unpaired) electrons. The van der Waals surface area contributed by atoms with Crippen molar-refractivity contribution in [1.82, 2.24) is 5.32 Å². The molecule has 0 aromatic carbocycles. The van der Waals surface area contributed by atoms with Gasteiger partial charge >= 0.3 is 0 Å². The fraction of sp³-hybridized carbons (Fsp3) is 0.904. The molecule has 1 amide bonds. The molecule has 0 saturated heterocycles. The normalized spacial score (nSPS) is 14.1. The Bertz CT molecular complexity index is 878. The van der Waals surface area contributed by atoms with E-state index in [0.29, 0.717) is 12.8 Å². The van der Waals surface area contributed by atoms with Crippen LogP contribution in [0.4, 0.5) is 0 Å². The van der Waals surface area contributed by atoms with Crippen molar-refractivity contribution in [2.75, 3.05) is 6.61 Å². The molecule has 6 heteroatoms. The minimum Gasteiger partial charge on any atom is -0.394 e. The Kier molecular flexibility index (Phi) is 45.9. The van der Waals surface area contributed by atoms with Crippen LogP contribution in [0.3, 0.4) is 0 Å². The van der Waals surface area contributed by atoms with Gasteiger partial charge in [0.05, 0.1) is 18.8 Å². The zero-order valence-corrected chi connectivity index (χ0v) is 38.8. The van der Waals surface area contributed by atoms with Gasteiger partial charge in [0.15, 0.2) is 0 Å². The van der Waals surface area contributed by atoms with E-state index in [1.165, 1.54) is 205 Å². The molecule has 0 aliphatic heterocycles. The van der Waals surface area contributed by atoms with Gasteiger partial charge in [-0.25, -0.2) is 0 Å². The van der Waals surface area contributed by atoms with Gasteiger partial charge in [-0.3, -0.25) is 4.79 Å². The van der Waals surface area contributed by atoms with E-state index in [9.17, 15) is 25.2 Å². The molecule has 0 bridgehead atoms. The highest BCUT2D eigenvalue weighted by Crippen LogP contribution is 2.17. The predicted octanol–water partition coefficient (Wildman–Crippen LogP) is 14.3. The van der Waals surface area contributed by atoms with Crippen LogP contribution in [0.15, 0.2) is 24.3 Å². The third kappa shape index (κ3) is 40.2. The first-order chi connectivity index (χ1) is 28.5. The number of carbonyl (C=O) groups is 1. The average molecular weight is 820 g/mol. The molecule has 4 unspecified atom stereocenters. The topological polar surface area (TPSA) is 110 Å². The number of allylic oxidation sites excluding steroid dienone is 4. The molecular weight excluding hydrogens is 719 g/mol. The number of hydrogen-bond donors (Lipinski definition) is 5. The van der Waals surface area contributed by atoms with Gasteiger partial charge in [0.1, 0.15) is 12.2 Å². The standard InChI is InChI=1S/C52H101NO5/c1-3-5-7-9-11-13-15-16-17-18-19-20-21-22-23-24-25-26-27-28-29-30-31-32-33-34-36-38-40-42-44-46-50(56)52(58)53-48(47-54)51(57)49(55)45-43-41-39-37-35-14-12-10-8-6-4-2/h22-23,37,39,48-51,54-57H,3-21,24-36,38,40-47H2,1-2H3,(H,53,58)/b23-22-,39-37+. The summed E-state index contributed by atoms with van der Waals surface area (Å²) in [7, 11) is 0. The third-order valence-electron chi connectivity index (χ3n) is 12.1. The molecular formula is C52H101NO5. The van der Waals surface area contributed by atoms with Crippen molar-refractivity contribution in [3.05, 3.63) is 24.3 Å². The minimum atomic E-state index is -1.28. The molecule has 5 N–H and O–H groups in total. The molecule has 0 rings (SSSR count). The van der Waals surface area contributed by atoms with Gasteiger partial charge in [-0.05, 0) is 64.2 Å². The second-order valence-corrected chi connectivity index (χ2v) is 17.9. The van der Waals surface area contributed by atoms with E-state index in [1.54, 1.807) is 0 Å². The molecule has 0 heterocycles. The number of carbonyl (C=O) groups excluding carboxylic acids is 1. The second kappa shape index (κ2) is 46.8. The number of nitrogens with one attached hydrogen (secondary N) is 1. The maximum absolute atomic E-state index is 12.5. The largest absolute Gasteiger partial charge is 0.394 e. The van der Waals surface area contributed by atoms with Crippen LogP contribution in [0.2, 0.25) is 0 Å². The van der Waals surface area contributed by atoms with Gasteiger partial charge in [0.2, 0.25) is 5.91 Å². The van der Waals surface area contributed by atoms with Gasteiger partial charge in [0.25, 0.3) is 0 Å². The van der Waals surface area contributed by atoms with E-state index >= 15 is 0 Å². The summed E-state index contributed by atoms with van der Waals surface area (Å²) >= 11 is 0. The molecule has 344 valence electrons. The molecule has 0 spiro atoms. The number of unbranched alkanes of at least 4 members (excludes halogenated alkanes) is 34. The van der Waals surface area contributed by atoms with Crippen molar-refractivity contribution in [3.63, 3.8) is 0 Å². The van der Waals surface area contributed by atoms with Gasteiger partial charge < -0.3 is 25.7 Å². The van der Waals surface area contributed by atoms with E-state index in [-0.39, 0.29) is 0 Å². The summed E-state index contributed by atoms with van der Waals surface area (Å²) < 4.78 is 0. The maximum atomic E-state index is 12.5. The van der Waals surface area contributed by atoms with Crippen molar-refractivity contribution >= 4 is 5.91 Å². The summed E-state index contributed by atoms with van der Waals surface area (Å²) in [5.74, 6) is -0.592. The molecule has 6 nitrogen and oxygen atoms in total. The van der Waals surface area contributed by atoms with Gasteiger partial charge in [-0.15, -0.1) is 0 Å². The highest BCUT2D eigenvalue weighted by Gasteiger charge is 2.28. The summed E-state index contributed by atoms with van der Waals surface area (Å²) in [6, 6.07) is -0.999. The summed E-state index contributed by atoms with van der Waals surface area (Å²) in [6.07, 6.45) is 55.4. The number of aliphatic hydroxyl groups excluding tert-OH is 4. The quantitative estimate of drug-likeness (QED) is 0.0310. The highest BCUT2D eigenvalue weighted by molar-refractivity contribution is 5.80. The number of hydrogen-bond acceptors (Lipinski definition) is 5. The number of rotatable bonds is 47. The second-order valence-electron chi connectivity index (χ2n) is 17.9. The van der Waals surface area contributed by atoms with Gasteiger partial charge in [0, 0.05) is 0 Å². The lowest BCUT2D eigenvalue weighted by molar-refractivity contribution is -0.132. The summed E-state index contributed by atoms with van der Waals surface area (Å²) in [5.41, 5.74) is 0. The van der Waals surface area contributed by atoms with Crippen LogP contribution >= 0.6 is 0 Å². The Balaban J connectivity index is 3.57. The zero-order valence-electron chi connectivity index (χ0n) is 38.8. The van der Waals surface area contributed by atoms with Crippen molar-refractivity contribution in [2.45, 2.75) is 295 Å². The monoisotopic (exact) mass is 820 g/mol. The Morgan fingerprint density at radius 2 is 0.707 bits per heavy atom. The lowest BCUT2D eigenvalue weighted by Gasteiger charge is -2.27. The predicted molar refractivity (Wildman–Crippen MR) is 251 cm³/mol. The first-order valence-electron chi connectivity index (χ1n) is 25.7. The van der Waals surface area contributed by atoms with Crippen molar-refractivity contribution in [3.8, 4) is 0 Å². The molecule has 0 aliphatic carbocycles. The van der Waals surface area contributed by atoms with Crippen molar-refractivity contribution in [2.24, 2.45) is 0 Å². The Morgan fingerprint density at radius 3 is 1.03 bits per heavy atom. The number of aliphatic hydroxyl groups is 4. The van der Waals surface area contributed by atoms with Crippen LogP contribution < -0.4 is 5.32 Å². The van der Waals surface area contributed by atoms with Gasteiger partial charge in [-0.1, -0.05) is 231 Å². The lowest BCUT2D eigenvalue weighted by atomic mass is 10.00. The molecule has 0 aromatic rings. The summed E-state index contributed by atoms with van der Waals surface area (Å²) in [4.78, 5) is 12.5. The average Bonchev–Trinajstić information content (AvgIpc) is 3.23. The Labute approximate surface area is 361 Å². The first kappa shape index (κ1) is 56.8. The Hall–Kier alpha value is -1.21. The first-order valence-corrected chi connectivity index (χ1v) is 25.7. The number of amides is 1. The zero-order chi connectivity index (χ0) is 42.4. The maximum Gasteiger partial charge on any atom is 0.249 e. The van der Waals surface area contributed by atoms with Crippen LogP contribution in [0.5, 0.6) is 0 Å². The molecule has 0 aliphatic rings. The fourth-order valence-corrected chi connectivity index (χ4v) is 8.05. The Morgan fingerprint density at radius 1 is 0.414 bits per heavy atom. The van der Waals surface area contributed by atoms with Crippen LogP contribution in [0.1, 0.15) is 271 Å². The van der Waals surface area contributed by atoms with E-state index < -0.39 is 36.9 Å². The summed E-state index contributed by atoms with van der Waals surface area (Å²) in [5, 5.41) is 43.6. The molecule has 0 saturated carbocycles. The van der Waals surface area contributed by atoms with E-state index in [0.717, 1.165) is 38.5 Å². The van der Waals surface area contributed by atoms with Gasteiger partial charge in [-0.2, -0.15) is 0 Å². The van der Waals surface area contributed by atoms with Crippen LogP contribution in [0.25, 0.3) is 0 Å². The molecule has 0 aromatic heterocycles. The van der Waals surface area contributed by atoms with Crippen LogP contribution in [0, 0.1) is 0 Å².